The zero-order valence-corrected chi connectivity index (χ0v) is 18.8. The molecule has 1 aliphatic rings. The molecule has 1 aliphatic heterocycles. The molecule has 0 radical (unpaired) electrons. The molecular formula is C24H24N4O4S. The molecule has 0 spiro atoms. The van der Waals surface area contributed by atoms with E-state index in [0.717, 1.165) is 17.8 Å². The average molecular weight is 465 g/mol. The summed E-state index contributed by atoms with van der Waals surface area (Å²) in [6.45, 7) is 0.730. The smallest absolute Gasteiger partial charge is 0.413 e. The van der Waals surface area contributed by atoms with Crippen molar-refractivity contribution in [2.24, 2.45) is 5.73 Å². The lowest BCUT2D eigenvalue weighted by molar-refractivity contribution is 0.0747. The molecule has 3 aromatic carbocycles. The van der Waals surface area contributed by atoms with Crippen LogP contribution < -0.4 is 16.0 Å². The zero-order chi connectivity index (χ0) is 23.6. The van der Waals surface area contributed by atoms with Crippen molar-refractivity contribution < 1.29 is 17.9 Å². The molecule has 9 heteroatoms. The Balaban J connectivity index is 1.41. The number of hydrogen-bond donors (Lipinski definition) is 3. The summed E-state index contributed by atoms with van der Waals surface area (Å²) in [6.07, 6.45) is 0.876. The molecule has 33 heavy (non-hydrogen) atoms. The Morgan fingerprint density at radius 3 is 2.45 bits per heavy atom. The van der Waals surface area contributed by atoms with Gasteiger partial charge >= 0.3 is 6.09 Å². The van der Waals surface area contributed by atoms with Gasteiger partial charge in [0.1, 0.15) is 5.84 Å². The van der Waals surface area contributed by atoms with E-state index in [4.69, 9.17) is 15.9 Å². The summed E-state index contributed by atoms with van der Waals surface area (Å²) >= 11 is 0. The van der Waals surface area contributed by atoms with Gasteiger partial charge in [-0.15, -0.1) is 0 Å². The van der Waals surface area contributed by atoms with E-state index in [1.807, 2.05) is 17.0 Å². The van der Waals surface area contributed by atoms with E-state index in [0.29, 0.717) is 23.2 Å². The van der Waals surface area contributed by atoms with Crippen molar-refractivity contribution in [3.05, 3.63) is 78.4 Å². The van der Waals surface area contributed by atoms with Gasteiger partial charge in [0.25, 0.3) is 0 Å². The van der Waals surface area contributed by atoms with Crippen LogP contribution in [0.1, 0.15) is 12.0 Å². The number of nitrogens with zero attached hydrogens (tertiary/aromatic N) is 1. The predicted molar refractivity (Wildman–Crippen MR) is 128 cm³/mol. The summed E-state index contributed by atoms with van der Waals surface area (Å²) in [6, 6.07) is 20.9. The monoisotopic (exact) mass is 464 g/mol. The summed E-state index contributed by atoms with van der Waals surface area (Å²) in [5.74, 6) is -0.0183. The van der Waals surface area contributed by atoms with Crippen LogP contribution >= 0.6 is 0 Å². The lowest BCUT2D eigenvalue weighted by Gasteiger charge is -2.41. The Bertz CT molecular complexity index is 1310. The van der Waals surface area contributed by atoms with Gasteiger partial charge < -0.3 is 15.4 Å². The van der Waals surface area contributed by atoms with Crippen LogP contribution in [0.2, 0.25) is 0 Å². The number of sulfone groups is 1. The fourth-order valence-corrected chi connectivity index (χ4v) is 4.58. The van der Waals surface area contributed by atoms with Gasteiger partial charge in [-0.25, -0.2) is 13.2 Å². The molecule has 0 aliphatic carbocycles. The number of carbonyl (C=O) groups excluding carboxylic acids is 1. The standard InChI is InChI=1S/C24H24N4O4S/c1-33(30,31)21-8-3-2-7-20(21)16-9-11-18(12-10-16)27-24(29)32-22-13-14-28(22)19-6-4-5-17(15-19)23(25)26/h2-12,15,22H,13-14H2,1H3,(H3,25,26)(H,27,29). The van der Waals surface area contributed by atoms with Gasteiger partial charge in [-0.2, -0.15) is 0 Å². The van der Waals surface area contributed by atoms with Gasteiger partial charge in [0.15, 0.2) is 16.1 Å². The average Bonchev–Trinajstić information content (AvgIpc) is 2.77. The van der Waals surface area contributed by atoms with Crippen LogP contribution in [-0.2, 0) is 14.6 Å². The molecule has 4 N–H and O–H groups in total. The minimum absolute atomic E-state index is 0.0183. The number of ether oxygens (including phenoxy) is 1. The van der Waals surface area contributed by atoms with E-state index in [9.17, 15) is 13.2 Å². The second kappa shape index (κ2) is 8.95. The SMILES string of the molecule is CS(=O)(=O)c1ccccc1-c1ccc(NC(=O)OC2CCN2c2cccc(C(=N)N)c2)cc1. The maximum absolute atomic E-state index is 12.4. The first-order valence-electron chi connectivity index (χ1n) is 10.3. The number of nitrogens with two attached hydrogens (primary N) is 1. The molecule has 0 saturated carbocycles. The molecular weight excluding hydrogens is 440 g/mol. The number of anilines is 2. The zero-order valence-electron chi connectivity index (χ0n) is 18.0. The largest absolute Gasteiger partial charge is 0.425 e. The van der Waals surface area contributed by atoms with Crippen molar-refractivity contribution in [2.45, 2.75) is 17.5 Å². The molecule has 170 valence electrons. The van der Waals surface area contributed by atoms with E-state index in [1.165, 1.54) is 6.26 Å². The third-order valence-corrected chi connectivity index (χ3v) is 6.58. The van der Waals surface area contributed by atoms with Gasteiger partial charge in [-0.3, -0.25) is 10.7 Å². The fraction of sp³-hybridized carbons (Fsp3) is 0.167. The number of nitrogen functional groups attached to an aromatic ring is 1. The van der Waals surface area contributed by atoms with Crippen molar-refractivity contribution in [1.82, 2.24) is 0 Å². The Labute approximate surface area is 192 Å². The summed E-state index contributed by atoms with van der Waals surface area (Å²) in [5.41, 5.74) is 8.87. The van der Waals surface area contributed by atoms with Gasteiger partial charge in [0.2, 0.25) is 0 Å². The lowest BCUT2D eigenvalue weighted by atomic mass is 10.1. The quantitative estimate of drug-likeness (QED) is 0.376. The number of benzene rings is 3. The topological polar surface area (TPSA) is 126 Å². The molecule has 1 heterocycles. The van der Waals surface area contributed by atoms with Crippen LogP contribution in [0, 0.1) is 5.41 Å². The molecule has 0 bridgehead atoms. The van der Waals surface area contributed by atoms with E-state index in [1.54, 1.807) is 60.7 Å². The second-order valence-corrected chi connectivity index (χ2v) is 9.76. The molecule has 3 aromatic rings. The molecule has 1 saturated heterocycles. The maximum Gasteiger partial charge on any atom is 0.413 e. The van der Waals surface area contributed by atoms with Crippen molar-refractivity contribution >= 4 is 33.1 Å². The highest BCUT2D eigenvalue weighted by Crippen LogP contribution is 2.30. The van der Waals surface area contributed by atoms with Crippen LogP contribution in [0.25, 0.3) is 11.1 Å². The number of hydrogen-bond acceptors (Lipinski definition) is 6. The summed E-state index contributed by atoms with van der Waals surface area (Å²) in [5, 5.41) is 10.3. The van der Waals surface area contributed by atoms with Crippen molar-refractivity contribution in [2.75, 3.05) is 23.0 Å². The molecule has 1 amide bonds. The van der Waals surface area contributed by atoms with Gasteiger partial charge in [0, 0.05) is 41.7 Å². The Kier molecular flexibility index (Phi) is 6.06. The van der Waals surface area contributed by atoms with Gasteiger partial charge in [0.05, 0.1) is 4.90 Å². The molecule has 8 nitrogen and oxygen atoms in total. The fourth-order valence-electron chi connectivity index (χ4n) is 3.67. The second-order valence-electron chi connectivity index (χ2n) is 7.78. The first-order chi connectivity index (χ1) is 15.7. The lowest BCUT2D eigenvalue weighted by Crippen LogP contribution is -2.51. The minimum Gasteiger partial charge on any atom is -0.425 e. The summed E-state index contributed by atoms with van der Waals surface area (Å²) < 4.78 is 29.7. The Hall–Kier alpha value is -3.85. The van der Waals surface area contributed by atoms with Crippen LogP contribution in [-0.4, -0.2) is 39.4 Å². The van der Waals surface area contributed by atoms with Crippen molar-refractivity contribution in [1.29, 1.82) is 5.41 Å². The summed E-state index contributed by atoms with van der Waals surface area (Å²) in [7, 11) is -3.37. The van der Waals surface area contributed by atoms with Crippen molar-refractivity contribution in [3.63, 3.8) is 0 Å². The third kappa shape index (κ3) is 4.98. The molecule has 1 unspecified atom stereocenters. The normalized spacial score (nSPS) is 15.4. The predicted octanol–water partition coefficient (Wildman–Crippen LogP) is 3.83. The minimum atomic E-state index is -3.37. The number of amidine groups is 1. The number of rotatable bonds is 6. The first-order valence-corrected chi connectivity index (χ1v) is 12.2. The highest BCUT2D eigenvalue weighted by atomic mass is 32.2. The highest BCUT2D eigenvalue weighted by molar-refractivity contribution is 7.90. The molecule has 4 rings (SSSR count). The molecule has 1 atom stereocenters. The van der Waals surface area contributed by atoms with Gasteiger partial charge in [-0.05, 0) is 35.9 Å². The van der Waals surface area contributed by atoms with E-state index >= 15 is 0 Å². The van der Waals surface area contributed by atoms with E-state index in [2.05, 4.69) is 5.32 Å². The number of amides is 1. The molecule has 0 aromatic heterocycles. The Morgan fingerprint density at radius 2 is 1.82 bits per heavy atom. The number of carbonyl (C=O) groups is 1. The van der Waals surface area contributed by atoms with Crippen molar-refractivity contribution in [3.8, 4) is 11.1 Å². The van der Waals surface area contributed by atoms with Crippen LogP contribution in [0.5, 0.6) is 0 Å². The third-order valence-electron chi connectivity index (χ3n) is 5.43. The van der Waals surface area contributed by atoms with Crippen LogP contribution in [0.3, 0.4) is 0 Å². The Morgan fingerprint density at radius 1 is 1.09 bits per heavy atom. The van der Waals surface area contributed by atoms with E-state index < -0.39 is 22.2 Å². The van der Waals surface area contributed by atoms with Crippen LogP contribution in [0.15, 0.2) is 77.7 Å². The molecule has 1 fully saturated rings. The van der Waals surface area contributed by atoms with Gasteiger partial charge in [-0.1, -0.05) is 42.5 Å². The first kappa shape index (κ1) is 22.3. The number of nitrogens with one attached hydrogen (secondary N) is 2. The maximum atomic E-state index is 12.4. The van der Waals surface area contributed by atoms with E-state index in [-0.39, 0.29) is 10.7 Å². The summed E-state index contributed by atoms with van der Waals surface area (Å²) in [4.78, 5) is 14.6. The highest BCUT2D eigenvalue weighted by Gasteiger charge is 2.31. The van der Waals surface area contributed by atoms with Crippen LogP contribution in [0.4, 0.5) is 16.2 Å².